The Morgan fingerprint density at radius 2 is 1.81 bits per heavy atom. The van der Waals surface area contributed by atoms with Gasteiger partial charge in [0.1, 0.15) is 18.1 Å². The number of likely N-dealkylation sites (tertiary alicyclic amines) is 1. The average Bonchev–Trinajstić information content (AvgIpc) is 3.11. The predicted molar refractivity (Wildman–Crippen MR) is 107 cm³/mol. The van der Waals surface area contributed by atoms with Crippen molar-refractivity contribution in [1.82, 2.24) is 15.5 Å². The van der Waals surface area contributed by atoms with Gasteiger partial charge in [0.05, 0.1) is 6.04 Å². The van der Waals surface area contributed by atoms with E-state index in [1.54, 1.807) is 13.8 Å². The number of thiol groups is 2. The summed E-state index contributed by atoms with van der Waals surface area (Å²) in [6, 6.07) is -3.59. The third-order valence-corrected chi connectivity index (χ3v) is 5.16. The van der Waals surface area contributed by atoms with Crippen molar-refractivity contribution in [3.8, 4) is 0 Å². The van der Waals surface area contributed by atoms with Crippen molar-refractivity contribution >= 4 is 48.9 Å². The monoisotopic (exact) mass is 420 g/mol. The number of carbonyl (C=O) groups excluding carboxylic acids is 3. The van der Waals surface area contributed by atoms with E-state index in [9.17, 15) is 19.2 Å². The molecule has 4 atom stereocenters. The van der Waals surface area contributed by atoms with Crippen molar-refractivity contribution in [3.63, 3.8) is 0 Å². The van der Waals surface area contributed by atoms with E-state index in [-0.39, 0.29) is 23.3 Å². The zero-order chi connectivity index (χ0) is 20.7. The van der Waals surface area contributed by atoms with Crippen LogP contribution >= 0.6 is 25.3 Å². The molecule has 27 heavy (non-hydrogen) atoms. The molecule has 0 aromatic heterocycles. The number of carbonyl (C=O) groups is 4. The molecule has 1 aliphatic rings. The molecular weight excluding hydrogens is 392 g/mol. The molecule has 3 amide bonds. The van der Waals surface area contributed by atoms with Crippen LogP contribution in [0.2, 0.25) is 0 Å². The maximum absolute atomic E-state index is 12.7. The molecular formula is C16H28N4O5S2. The third kappa shape index (κ3) is 6.28. The summed E-state index contributed by atoms with van der Waals surface area (Å²) in [6.45, 7) is 3.88. The van der Waals surface area contributed by atoms with Gasteiger partial charge in [-0.1, -0.05) is 13.8 Å². The smallest absolute Gasteiger partial charge is 0.327 e. The minimum absolute atomic E-state index is 0.0770. The van der Waals surface area contributed by atoms with Crippen LogP contribution in [0.5, 0.6) is 0 Å². The average molecular weight is 421 g/mol. The molecule has 0 radical (unpaired) electrons. The molecule has 1 saturated heterocycles. The number of hydrogen-bond donors (Lipinski definition) is 6. The lowest BCUT2D eigenvalue weighted by molar-refractivity contribution is -0.142. The van der Waals surface area contributed by atoms with E-state index in [2.05, 4.69) is 35.9 Å². The molecule has 0 aromatic carbocycles. The number of carboxylic acids is 1. The lowest BCUT2D eigenvalue weighted by atomic mass is 10.0. The first-order valence-corrected chi connectivity index (χ1v) is 10.0. The Bertz CT molecular complexity index is 575. The molecule has 1 heterocycles. The van der Waals surface area contributed by atoms with Gasteiger partial charge in [-0.15, -0.1) is 0 Å². The van der Waals surface area contributed by atoms with Crippen molar-refractivity contribution in [2.24, 2.45) is 11.7 Å². The Morgan fingerprint density at radius 3 is 2.30 bits per heavy atom. The molecule has 11 heteroatoms. The first-order valence-electron chi connectivity index (χ1n) is 8.75. The van der Waals surface area contributed by atoms with Crippen LogP contribution in [0.1, 0.15) is 26.7 Å². The SMILES string of the molecule is CC(C)C(NC(=O)C1CCCN1C(=O)C(N)CS)C(=O)NC(CS)C(=O)O. The number of aliphatic carboxylic acids is 1. The predicted octanol–water partition coefficient (Wildman–Crippen LogP) is -1.13. The maximum Gasteiger partial charge on any atom is 0.327 e. The summed E-state index contributed by atoms with van der Waals surface area (Å²) >= 11 is 7.92. The topological polar surface area (TPSA) is 142 Å². The second kappa shape index (κ2) is 10.8. The van der Waals surface area contributed by atoms with Crippen LogP contribution in [0.4, 0.5) is 0 Å². The lowest BCUT2D eigenvalue weighted by Crippen LogP contribution is -2.58. The number of nitrogens with one attached hydrogen (secondary N) is 2. The zero-order valence-electron chi connectivity index (χ0n) is 15.4. The van der Waals surface area contributed by atoms with Crippen LogP contribution in [0.3, 0.4) is 0 Å². The van der Waals surface area contributed by atoms with E-state index in [4.69, 9.17) is 10.8 Å². The van der Waals surface area contributed by atoms with E-state index in [1.165, 1.54) is 4.90 Å². The van der Waals surface area contributed by atoms with Crippen LogP contribution < -0.4 is 16.4 Å². The fraction of sp³-hybridized carbons (Fsp3) is 0.750. The first-order chi connectivity index (χ1) is 12.6. The van der Waals surface area contributed by atoms with Gasteiger partial charge in [0.15, 0.2) is 0 Å². The van der Waals surface area contributed by atoms with E-state index in [0.717, 1.165) is 0 Å². The molecule has 4 unspecified atom stereocenters. The molecule has 1 aliphatic heterocycles. The molecule has 5 N–H and O–H groups in total. The van der Waals surface area contributed by atoms with Crippen molar-refractivity contribution in [2.75, 3.05) is 18.1 Å². The first kappa shape index (κ1) is 23.6. The number of amides is 3. The van der Waals surface area contributed by atoms with Gasteiger partial charge in [-0.05, 0) is 18.8 Å². The summed E-state index contributed by atoms with van der Waals surface area (Å²) in [7, 11) is 0. The van der Waals surface area contributed by atoms with Gasteiger partial charge in [-0.3, -0.25) is 14.4 Å². The second-order valence-corrected chi connectivity index (χ2v) is 7.52. The fourth-order valence-corrected chi connectivity index (χ4v) is 3.23. The number of hydrogen-bond acceptors (Lipinski definition) is 7. The Hall–Kier alpha value is -1.46. The minimum atomic E-state index is -1.21. The van der Waals surface area contributed by atoms with Gasteiger partial charge in [0.25, 0.3) is 0 Å². The van der Waals surface area contributed by atoms with Crippen molar-refractivity contribution in [2.45, 2.75) is 50.9 Å². The highest BCUT2D eigenvalue weighted by molar-refractivity contribution is 7.80. The number of carboxylic acid groups (broad SMARTS) is 1. The summed E-state index contributed by atoms with van der Waals surface area (Å²) in [4.78, 5) is 50.0. The summed E-state index contributed by atoms with van der Waals surface area (Å²) in [5, 5.41) is 14.1. The molecule has 9 nitrogen and oxygen atoms in total. The highest BCUT2D eigenvalue weighted by Gasteiger charge is 2.38. The molecule has 0 spiro atoms. The van der Waals surface area contributed by atoms with Gasteiger partial charge >= 0.3 is 5.97 Å². The highest BCUT2D eigenvalue weighted by Crippen LogP contribution is 2.19. The summed E-state index contributed by atoms with van der Waals surface area (Å²) in [5.74, 6) is -2.82. The van der Waals surface area contributed by atoms with Crippen LogP contribution in [-0.4, -0.2) is 75.9 Å². The minimum Gasteiger partial charge on any atom is -0.480 e. The zero-order valence-corrected chi connectivity index (χ0v) is 17.2. The molecule has 0 bridgehead atoms. The lowest BCUT2D eigenvalue weighted by Gasteiger charge is -2.29. The fourth-order valence-electron chi connectivity index (χ4n) is 2.83. The number of nitrogens with two attached hydrogens (primary N) is 1. The molecule has 154 valence electrons. The van der Waals surface area contributed by atoms with E-state index in [0.29, 0.717) is 19.4 Å². The largest absolute Gasteiger partial charge is 0.480 e. The summed E-state index contributed by atoms with van der Waals surface area (Å²) < 4.78 is 0. The normalized spacial score (nSPS) is 20.1. The Kier molecular flexibility index (Phi) is 9.40. The van der Waals surface area contributed by atoms with Crippen LogP contribution in [0, 0.1) is 5.92 Å². The maximum atomic E-state index is 12.7. The van der Waals surface area contributed by atoms with Crippen molar-refractivity contribution in [1.29, 1.82) is 0 Å². The molecule has 0 aliphatic carbocycles. The Labute approximate surface area is 169 Å². The van der Waals surface area contributed by atoms with Gasteiger partial charge in [0, 0.05) is 18.1 Å². The van der Waals surface area contributed by atoms with Crippen molar-refractivity contribution < 1.29 is 24.3 Å². The Morgan fingerprint density at radius 1 is 1.19 bits per heavy atom. The Balaban J connectivity index is 2.84. The second-order valence-electron chi connectivity index (χ2n) is 6.79. The summed E-state index contributed by atoms with van der Waals surface area (Å²) in [6.07, 6.45) is 1.13. The third-order valence-electron chi connectivity index (χ3n) is 4.40. The molecule has 0 saturated carbocycles. The highest BCUT2D eigenvalue weighted by atomic mass is 32.1. The van der Waals surface area contributed by atoms with Crippen molar-refractivity contribution in [3.05, 3.63) is 0 Å². The standard InChI is InChI=1S/C16H28N4O5S2/c1-8(2)12(14(22)18-10(7-27)16(24)25)19-13(21)11-4-3-5-20(11)15(23)9(17)6-26/h8-12,26-27H,3-7,17H2,1-2H3,(H,18,22)(H,19,21)(H,24,25). The molecule has 0 aromatic rings. The number of rotatable bonds is 9. The van der Waals surface area contributed by atoms with E-state index >= 15 is 0 Å². The van der Waals surface area contributed by atoms with Crippen LogP contribution in [0.15, 0.2) is 0 Å². The van der Waals surface area contributed by atoms with E-state index in [1.807, 2.05) is 0 Å². The van der Waals surface area contributed by atoms with Gasteiger partial charge < -0.3 is 26.4 Å². The van der Waals surface area contributed by atoms with E-state index < -0.39 is 42.0 Å². The molecule has 1 rings (SSSR count). The van der Waals surface area contributed by atoms with Gasteiger partial charge in [0.2, 0.25) is 17.7 Å². The summed E-state index contributed by atoms with van der Waals surface area (Å²) in [5.41, 5.74) is 5.73. The number of nitrogens with zero attached hydrogens (tertiary/aromatic N) is 1. The quantitative estimate of drug-likeness (QED) is 0.261. The molecule has 1 fully saturated rings. The van der Waals surface area contributed by atoms with Gasteiger partial charge in [-0.25, -0.2) is 4.79 Å². The van der Waals surface area contributed by atoms with Crippen LogP contribution in [0.25, 0.3) is 0 Å². The van der Waals surface area contributed by atoms with Crippen LogP contribution in [-0.2, 0) is 19.2 Å². The van der Waals surface area contributed by atoms with Gasteiger partial charge in [-0.2, -0.15) is 25.3 Å².